The van der Waals surface area contributed by atoms with Gasteiger partial charge in [-0.2, -0.15) is 9.97 Å². The second-order valence-electron chi connectivity index (χ2n) is 15.4. The molecule has 340 valence electrons. The highest BCUT2D eigenvalue weighted by Crippen LogP contribution is 2.33. The lowest BCUT2D eigenvalue weighted by Crippen LogP contribution is -2.33. The van der Waals surface area contributed by atoms with Crippen LogP contribution in [-0.2, 0) is 15.9 Å². The number of anilines is 3. The Morgan fingerprint density at radius 1 is 0.635 bits per heavy atom. The molecule has 0 saturated heterocycles. The first-order valence-electron chi connectivity index (χ1n) is 20.8. The van der Waals surface area contributed by atoms with Crippen LogP contribution in [0.4, 0.5) is 17.6 Å². The van der Waals surface area contributed by atoms with E-state index in [0.29, 0.717) is 35.4 Å². The number of fused-ring (bicyclic) bond motifs is 2. The molecule has 0 spiro atoms. The number of ether oxygens (including phenoxy) is 2. The van der Waals surface area contributed by atoms with Crippen LogP contribution in [-0.4, -0.2) is 77.9 Å². The number of halogens is 1. The van der Waals surface area contributed by atoms with Gasteiger partial charge in [0.15, 0.2) is 0 Å². The lowest BCUT2D eigenvalue weighted by molar-refractivity contribution is 0.00164. The third-order valence-corrected chi connectivity index (χ3v) is 11.7. The maximum absolute atomic E-state index is 13.6. The summed E-state index contributed by atoms with van der Waals surface area (Å²) in [5, 5.41) is 19.5. The summed E-state index contributed by atoms with van der Waals surface area (Å²) in [6.45, 7) is 4.54. The van der Waals surface area contributed by atoms with Crippen molar-refractivity contribution in [2.45, 2.75) is 111 Å². The molecule has 2 aromatic carbocycles. The van der Waals surface area contributed by atoms with Crippen LogP contribution in [0.15, 0.2) is 86.9 Å². The molecule has 8 N–H and O–H groups in total. The van der Waals surface area contributed by atoms with Crippen molar-refractivity contribution in [3.05, 3.63) is 120 Å². The lowest BCUT2D eigenvalue weighted by Gasteiger charge is -2.30. The van der Waals surface area contributed by atoms with Gasteiger partial charge in [-0.15, -0.1) is 0 Å². The second-order valence-corrected chi connectivity index (χ2v) is 16.3. The first-order valence-corrected chi connectivity index (χ1v) is 21.6. The number of nitrogens with zero attached hydrogens (tertiary/aromatic N) is 6. The van der Waals surface area contributed by atoms with Crippen LogP contribution in [0.5, 0.6) is 0 Å². The minimum atomic E-state index is -0.0975. The minimum Gasteiger partial charge on any atom is -0.399 e. The number of aryl methyl sites for hydroxylation is 2. The molecule has 2 aliphatic rings. The molecule has 16 heteroatoms. The summed E-state index contributed by atoms with van der Waals surface area (Å²) in [5.74, 6) is 0.361. The van der Waals surface area contributed by atoms with Gasteiger partial charge in [0.2, 0.25) is 11.9 Å². The average molecular weight is 931 g/mol. The zero-order chi connectivity index (χ0) is 43.5. The number of rotatable bonds is 10. The Morgan fingerprint density at radius 2 is 1.06 bits per heavy atom. The Labute approximate surface area is 377 Å². The van der Waals surface area contributed by atoms with Gasteiger partial charge in [-0.05, 0) is 111 Å². The van der Waals surface area contributed by atoms with E-state index in [2.05, 4.69) is 35.9 Å². The van der Waals surface area contributed by atoms with E-state index in [1.165, 1.54) is 0 Å². The largest absolute Gasteiger partial charge is 0.399 e. The van der Waals surface area contributed by atoms with E-state index in [1.807, 2.05) is 85.1 Å². The molecule has 4 aromatic heterocycles. The number of nitrogens with two attached hydrogens (primary N) is 3. The van der Waals surface area contributed by atoms with Gasteiger partial charge in [0.05, 0.1) is 54.5 Å². The molecule has 4 heterocycles. The van der Waals surface area contributed by atoms with Gasteiger partial charge in [0, 0.05) is 40.5 Å². The lowest BCUT2D eigenvalue weighted by atomic mass is 9.92. The van der Waals surface area contributed by atoms with Crippen LogP contribution in [0, 0.1) is 13.8 Å². The summed E-state index contributed by atoms with van der Waals surface area (Å²) < 4.78 is 15.4. The molecule has 2 aliphatic carbocycles. The smallest absolute Gasteiger partial charge is 0.266 e. The van der Waals surface area contributed by atoms with Crippen LogP contribution in [0.3, 0.4) is 0 Å². The Balaban J connectivity index is 0.000000236. The van der Waals surface area contributed by atoms with Gasteiger partial charge in [-0.25, -0.2) is 9.97 Å². The molecule has 6 aromatic rings. The monoisotopic (exact) mass is 929 g/mol. The molecule has 0 unspecified atom stereocenters. The van der Waals surface area contributed by atoms with Crippen molar-refractivity contribution >= 4 is 55.6 Å². The first kappa shape index (κ1) is 50.4. The molecule has 63 heavy (non-hydrogen) atoms. The SMILES string of the molecule is C.C.Cc1nc(N)nc2c1cc(Br)c(=O)n2C1CCC(OCCO)CC1.Cc1nc(N)nc2c1cc(Cc1ccccc1)c(=O)n2C1CCC(OCCO)CC1.Nc1ccccc1. The zero-order valence-electron chi connectivity index (χ0n) is 34.8. The maximum Gasteiger partial charge on any atom is 0.266 e. The summed E-state index contributed by atoms with van der Waals surface area (Å²) in [6.07, 6.45) is 7.53. The number of benzene rings is 2. The van der Waals surface area contributed by atoms with Gasteiger partial charge < -0.3 is 36.9 Å². The van der Waals surface area contributed by atoms with Crippen molar-refractivity contribution < 1.29 is 19.7 Å². The summed E-state index contributed by atoms with van der Waals surface area (Å²) >= 11 is 3.36. The minimum absolute atomic E-state index is 0. The van der Waals surface area contributed by atoms with E-state index in [4.69, 9.17) is 36.9 Å². The van der Waals surface area contributed by atoms with E-state index in [0.717, 1.165) is 90.3 Å². The van der Waals surface area contributed by atoms with Gasteiger partial charge in [-0.1, -0.05) is 63.4 Å². The van der Waals surface area contributed by atoms with Crippen LogP contribution in [0.2, 0.25) is 0 Å². The predicted molar refractivity (Wildman–Crippen MR) is 256 cm³/mol. The number of hydrogen-bond donors (Lipinski definition) is 5. The number of hydrogen-bond acceptors (Lipinski definition) is 13. The molecule has 0 amide bonds. The highest BCUT2D eigenvalue weighted by Gasteiger charge is 2.28. The molecular formula is C47H64BrN9O6. The molecule has 15 nitrogen and oxygen atoms in total. The Hall–Kier alpha value is -5.26. The molecule has 2 fully saturated rings. The number of aliphatic hydroxyl groups excluding tert-OH is 2. The Morgan fingerprint density at radius 3 is 1.49 bits per heavy atom. The third kappa shape index (κ3) is 12.9. The number of aliphatic hydroxyl groups is 2. The Bertz CT molecular complexity index is 2490. The van der Waals surface area contributed by atoms with Crippen molar-refractivity contribution in [1.29, 1.82) is 0 Å². The van der Waals surface area contributed by atoms with Crippen LogP contribution in [0.1, 0.15) is 101 Å². The zero-order valence-corrected chi connectivity index (χ0v) is 36.3. The normalized spacial score (nSPS) is 18.2. The second kappa shape index (κ2) is 24.0. The number of aromatic nitrogens is 6. The van der Waals surface area contributed by atoms with Gasteiger partial charge in [0.1, 0.15) is 11.3 Å². The predicted octanol–water partition coefficient (Wildman–Crippen LogP) is 7.24. The number of para-hydroxylation sites is 1. The summed E-state index contributed by atoms with van der Waals surface area (Å²) in [4.78, 5) is 43.6. The molecule has 0 atom stereocenters. The summed E-state index contributed by atoms with van der Waals surface area (Å²) in [6, 6.07) is 23.3. The van der Waals surface area contributed by atoms with E-state index >= 15 is 0 Å². The first-order chi connectivity index (χ1) is 29.5. The molecule has 0 bridgehead atoms. The van der Waals surface area contributed by atoms with Crippen LogP contribution in [0.25, 0.3) is 22.1 Å². The van der Waals surface area contributed by atoms with E-state index in [1.54, 1.807) is 10.6 Å². The van der Waals surface area contributed by atoms with Gasteiger partial charge in [-0.3, -0.25) is 18.7 Å². The van der Waals surface area contributed by atoms with Gasteiger partial charge in [0.25, 0.3) is 11.1 Å². The fourth-order valence-corrected chi connectivity index (χ4v) is 8.64. The van der Waals surface area contributed by atoms with E-state index < -0.39 is 0 Å². The maximum atomic E-state index is 13.6. The highest BCUT2D eigenvalue weighted by atomic mass is 79.9. The van der Waals surface area contributed by atoms with Crippen LogP contribution < -0.4 is 28.3 Å². The molecule has 0 radical (unpaired) electrons. The molecule has 0 aliphatic heterocycles. The number of nitrogen functional groups attached to an aromatic ring is 3. The van der Waals surface area contributed by atoms with Crippen molar-refractivity contribution in [1.82, 2.24) is 29.1 Å². The standard InChI is InChI=1S/C23H28N4O3.C16H21BrN4O3.C6H7N.2CH4/c1-15-20-14-17(13-16-5-3-2-4-6-16)22(29)27(21(20)26-23(24)25-15)18-7-9-19(10-8-18)30-12-11-28;1-9-12-8-13(17)15(23)21(14(12)20-16(18)19-9)10-2-4-11(5-3-10)24-7-6-22;7-6-4-2-1-3-5-6;;/h2-6,14,18-19,28H,7-13H2,1H3,(H2,24,25,26);8,10-11,22H,2-7H2,1H3,(H2,18,19,20);1-5H,7H2;2*1H4. The van der Waals surface area contributed by atoms with Crippen molar-refractivity contribution in [3.63, 3.8) is 0 Å². The molecular weight excluding hydrogens is 866 g/mol. The molecule has 8 rings (SSSR count). The quantitative estimate of drug-likeness (QED) is 0.0854. The molecule has 2 saturated carbocycles. The van der Waals surface area contributed by atoms with Crippen molar-refractivity contribution in [3.8, 4) is 0 Å². The van der Waals surface area contributed by atoms with Crippen molar-refractivity contribution in [2.24, 2.45) is 0 Å². The fourth-order valence-electron chi connectivity index (χ4n) is 8.22. The van der Waals surface area contributed by atoms with Crippen LogP contribution >= 0.6 is 15.9 Å². The number of pyridine rings is 2. The summed E-state index contributed by atoms with van der Waals surface area (Å²) in [7, 11) is 0. The van der Waals surface area contributed by atoms with E-state index in [-0.39, 0.29) is 75.4 Å². The van der Waals surface area contributed by atoms with Crippen molar-refractivity contribution in [2.75, 3.05) is 43.6 Å². The summed E-state index contributed by atoms with van der Waals surface area (Å²) in [5.41, 5.74) is 22.4. The van der Waals surface area contributed by atoms with E-state index in [9.17, 15) is 9.59 Å². The third-order valence-electron chi connectivity index (χ3n) is 11.2. The van der Waals surface area contributed by atoms with Gasteiger partial charge >= 0.3 is 0 Å². The Kier molecular flexibility index (Phi) is 19.2. The topological polar surface area (TPSA) is 233 Å². The fraction of sp³-hybridized carbons (Fsp3) is 0.447. The average Bonchev–Trinajstić information content (AvgIpc) is 3.25. The highest BCUT2D eigenvalue weighted by molar-refractivity contribution is 9.10.